The molecule has 36 heavy (non-hydrogen) atoms. The number of hydrogen-bond donors (Lipinski definition) is 1. The summed E-state index contributed by atoms with van der Waals surface area (Å²) in [5.74, 6) is -0.405. The van der Waals surface area contributed by atoms with Crippen molar-refractivity contribution in [2.45, 2.75) is 32.9 Å². The maximum Gasteiger partial charge on any atom is 0.294 e. The van der Waals surface area contributed by atoms with Gasteiger partial charge in [-0.25, -0.2) is 9.37 Å². The molecule has 1 aliphatic rings. The number of halogens is 1. The minimum Gasteiger partial charge on any atom is -0.352 e. The van der Waals surface area contributed by atoms with Gasteiger partial charge < -0.3 is 10.2 Å². The molecule has 5 rings (SSSR count). The highest BCUT2D eigenvalue weighted by Crippen LogP contribution is 2.23. The predicted molar refractivity (Wildman–Crippen MR) is 139 cm³/mol. The van der Waals surface area contributed by atoms with E-state index in [9.17, 15) is 14.0 Å². The third-order valence-corrected chi connectivity index (χ3v) is 6.80. The quantitative estimate of drug-likeness (QED) is 0.440. The van der Waals surface area contributed by atoms with Gasteiger partial charge in [0.1, 0.15) is 5.82 Å². The number of nitrogens with one attached hydrogen (secondary N) is 1. The van der Waals surface area contributed by atoms with Gasteiger partial charge in [-0.05, 0) is 43.5 Å². The van der Waals surface area contributed by atoms with Crippen LogP contribution in [0.5, 0.6) is 0 Å². The fourth-order valence-electron chi connectivity index (χ4n) is 4.77. The second-order valence-corrected chi connectivity index (χ2v) is 9.40. The number of aryl methyl sites for hydroxylation is 1. The first-order valence-electron chi connectivity index (χ1n) is 12.3. The molecule has 184 valence electrons. The number of rotatable bonds is 6. The van der Waals surface area contributed by atoms with E-state index in [4.69, 9.17) is 4.98 Å². The molecule has 1 atom stereocenters. The number of hydrogen-bond acceptors (Lipinski definition) is 4. The van der Waals surface area contributed by atoms with E-state index in [0.29, 0.717) is 37.4 Å². The Labute approximate surface area is 209 Å². The Hall–Kier alpha value is -4.00. The molecule has 2 heterocycles. The molecule has 1 aliphatic heterocycles. The van der Waals surface area contributed by atoms with Crippen LogP contribution in [0.3, 0.4) is 0 Å². The van der Waals surface area contributed by atoms with E-state index < -0.39 is 0 Å². The summed E-state index contributed by atoms with van der Waals surface area (Å²) in [4.78, 5) is 33.3. The van der Waals surface area contributed by atoms with Crippen molar-refractivity contribution in [2.75, 3.05) is 18.0 Å². The van der Waals surface area contributed by atoms with Crippen LogP contribution in [0.1, 0.15) is 29.5 Å². The van der Waals surface area contributed by atoms with Gasteiger partial charge in [0.05, 0.1) is 23.5 Å². The number of anilines is 1. The fourth-order valence-corrected chi connectivity index (χ4v) is 4.77. The Bertz CT molecular complexity index is 1450. The summed E-state index contributed by atoms with van der Waals surface area (Å²) >= 11 is 0. The van der Waals surface area contributed by atoms with Gasteiger partial charge >= 0.3 is 0 Å². The molecule has 0 radical (unpaired) electrons. The van der Waals surface area contributed by atoms with Crippen molar-refractivity contribution in [2.24, 2.45) is 5.92 Å². The first-order chi connectivity index (χ1) is 17.5. The molecule has 1 unspecified atom stereocenters. The number of fused-ring (bicyclic) bond motifs is 1. The summed E-state index contributed by atoms with van der Waals surface area (Å²) in [6.45, 7) is 3.67. The number of benzene rings is 3. The number of piperidine rings is 1. The number of carbonyl (C=O) groups is 1. The minimum absolute atomic E-state index is 0.135. The predicted octanol–water partition coefficient (Wildman–Crippen LogP) is 4.43. The van der Waals surface area contributed by atoms with Crippen LogP contribution in [0.25, 0.3) is 11.0 Å². The second-order valence-electron chi connectivity index (χ2n) is 9.40. The summed E-state index contributed by atoms with van der Waals surface area (Å²) in [5.41, 5.74) is 4.01. The summed E-state index contributed by atoms with van der Waals surface area (Å²) in [6.07, 6.45) is 1.48. The average molecular weight is 485 g/mol. The van der Waals surface area contributed by atoms with E-state index in [0.717, 1.165) is 23.0 Å². The van der Waals surface area contributed by atoms with Gasteiger partial charge in [-0.1, -0.05) is 60.2 Å². The molecule has 1 amide bonds. The molecule has 1 fully saturated rings. The lowest BCUT2D eigenvalue weighted by atomic mass is 9.97. The van der Waals surface area contributed by atoms with Crippen LogP contribution in [0.15, 0.2) is 77.6 Å². The first kappa shape index (κ1) is 23.7. The zero-order chi connectivity index (χ0) is 25.1. The van der Waals surface area contributed by atoms with Gasteiger partial charge in [0.2, 0.25) is 5.91 Å². The van der Waals surface area contributed by atoms with Crippen LogP contribution in [0, 0.1) is 18.7 Å². The molecule has 3 aromatic carbocycles. The average Bonchev–Trinajstić information content (AvgIpc) is 2.90. The number of amides is 1. The molecule has 1 aromatic heterocycles. The number of carbonyl (C=O) groups excluding carboxylic acids is 1. The highest BCUT2D eigenvalue weighted by molar-refractivity contribution is 5.80. The molecule has 0 spiro atoms. The Kier molecular flexibility index (Phi) is 6.80. The smallest absolute Gasteiger partial charge is 0.294 e. The van der Waals surface area contributed by atoms with Crippen LogP contribution < -0.4 is 15.8 Å². The molecule has 0 aliphatic carbocycles. The molecule has 7 heteroatoms. The highest BCUT2D eigenvalue weighted by atomic mass is 19.1. The van der Waals surface area contributed by atoms with Crippen molar-refractivity contribution in [3.05, 3.63) is 106 Å². The number of aromatic nitrogens is 2. The lowest BCUT2D eigenvalue weighted by Crippen LogP contribution is -2.45. The maximum absolute atomic E-state index is 13.9. The number of para-hydroxylation sites is 2. The van der Waals surface area contributed by atoms with E-state index in [1.165, 1.54) is 11.6 Å². The Morgan fingerprint density at radius 1 is 1.06 bits per heavy atom. The van der Waals surface area contributed by atoms with E-state index in [1.807, 2.05) is 60.4 Å². The maximum atomic E-state index is 13.9. The first-order valence-corrected chi connectivity index (χ1v) is 12.3. The van der Waals surface area contributed by atoms with E-state index >= 15 is 0 Å². The molecule has 1 saturated heterocycles. The summed E-state index contributed by atoms with van der Waals surface area (Å²) in [7, 11) is 0. The summed E-state index contributed by atoms with van der Waals surface area (Å²) in [5, 5.41) is 2.86. The van der Waals surface area contributed by atoms with Gasteiger partial charge in [-0.15, -0.1) is 0 Å². The molecule has 6 nitrogen and oxygen atoms in total. The molecule has 0 bridgehead atoms. The van der Waals surface area contributed by atoms with Crippen molar-refractivity contribution >= 4 is 22.8 Å². The standard InChI is InChI=1S/C29H29FN4O2/c1-20-12-14-21(15-13-20)18-34-26-11-5-4-10-25(26)32-27(29(34)36)33-16-6-8-23(19-33)28(35)31-17-22-7-2-3-9-24(22)30/h2-5,7,9-15,23H,6,8,16-19H2,1H3,(H,31,35). The van der Waals surface area contributed by atoms with Crippen molar-refractivity contribution in [3.63, 3.8) is 0 Å². The Balaban J connectivity index is 1.40. The van der Waals surface area contributed by atoms with Gasteiger partial charge in [0.15, 0.2) is 5.82 Å². The topological polar surface area (TPSA) is 67.2 Å². The second kappa shape index (κ2) is 10.3. The van der Waals surface area contributed by atoms with E-state index in [-0.39, 0.29) is 29.7 Å². The molecular formula is C29H29FN4O2. The monoisotopic (exact) mass is 484 g/mol. The minimum atomic E-state index is -0.336. The lowest BCUT2D eigenvalue weighted by Gasteiger charge is -2.33. The summed E-state index contributed by atoms with van der Waals surface area (Å²) < 4.78 is 15.7. The van der Waals surface area contributed by atoms with Crippen LogP contribution in [-0.4, -0.2) is 28.5 Å². The van der Waals surface area contributed by atoms with E-state index in [2.05, 4.69) is 5.32 Å². The van der Waals surface area contributed by atoms with Gasteiger partial charge in [0.25, 0.3) is 5.56 Å². The van der Waals surface area contributed by atoms with Crippen LogP contribution in [0.2, 0.25) is 0 Å². The molecule has 4 aromatic rings. The molecule has 0 saturated carbocycles. The van der Waals surface area contributed by atoms with Crippen molar-refractivity contribution < 1.29 is 9.18 Å². The van der Waals surface area contributed by atoms with Crippen molar-refractivity contribution in [1.82, 2.24) is 14.9 Å². The zero-order valence-corrected chi connectivity index (χ0v) is 20.3. The lowest BCUT2D eigenvalue weighted by molar-refractivity contribution is -0.125. The van der Waals surface area contributed by atoms with Gasteiger partial charge in [0, 0.05) is 25.2 Å². The SMILES string of the molecule is Cc1ccc(Cn2c(=O)c(N3CCCC(C(=O)NCc4ccccc4F)C3)nc3ccccc32)cc1. The molecular weight excluding hydrogens is 455 g/mol. The van der Waals surface area contributed by atoms with Crippen LogP contribution in [-0.2, 0) is 17.9 Å². The van der Waals surface area contributed by atoms with E-state index in [1.54, 1.807) is 22.8 Å². The largest absolute Gasteiger partial charge is 0.352 e. The zero-order valence-electron chi connectivity index (χ0n) is 20.3. The van der Waals surface area contributed by atoms with Crippen LogP contribution >= 0.6 is 0 Å². The summed E-state index contributed by atoms with van der Waals surface area (Å²) in [6, 6.07) is 22.2. The molecule has 1 N–H and O–H groups in total. The third-order valence-electron chi connectivity index (χ3n) is 6.80. The fraction of sp³-hybridized carbons (Fsp3) is 0.276. The normalized spacial score (nSPS) is 15.7. The van der Waals surface area contributed by atoms with Gasteiger partial charge in [-0.3, -0.25) is 14.2 Å². The Morgan fingerprint density at radius 3 is 2.61 bits per heavy atom. The van der Waals surface area contributed by atoms with Gasteiger partial charge in [-0.2, -0.15) is 0 Å². The highest BCUT2D eigenvalue weighted by Gasteiger charge is 2.28. The van der Waals surface area contributed by atoms with Crippen molar-refractivity contribution in [1.29, 1.82) is 0 Å². The Morgan fingerprint density at radius 2 is 1.81 bits per heavy atom. The van der Waals surface area contributed by atoms with Crippen molar-refractivity contribution in [3.8, 4) is 0 Å². The third kappa shape index (κ3) is 5.00. The van der Waals surface area contributed by atoms with Crippen LogP contribution in [0.4, 0.5) is 10.2 Å². The number of nitrogens with zero attached hydrogens (tertiary/aromatic N) is 3.